The number of carbonyl (C=O) groups is 1. The van der Waals surface area contributed by atoms with Crippen LogP contribution in [0, 0.1) is 17.7 Å². The third kappa shape index (κ3) is 11.1. The summed E-state index contributed by atoms with van der Waals surface area (Å²) in [6, 6.07) is 18.2. The second kappa shape index (κ2) is 17.3. The first kappa shape index (κ1) is 31.9. The molecule has 0 spiro atoms. The number of likely N-dealkylation sites (N-methyl/N-ethyl adjacent to an activating group) is 1. The van der Waals surface area contributed by atoms with E-state index in [0.29, 0.717) is 0 Å². The molecule has 1 aliphatic carbocycles. The van der Waals surface area contributed by atoms with Gasteiger partial charge in [0.2, 0.25) is 0 Å². The zero-order valence-corrected chi connectivity index (χ0v) is 25.1. The van der Waals surface area contributed by atoms with Gasteiger partial charge in [-0.05, 0) is 81.3 Å². The summed E-state index contributed by atoms with van der Waals surface area (Å²) in [6.45, 7) is 7.67. The van der Waals surface area contributed by atoms with Crippen molar-refractivity contribution in [3.63, 3.8) is 0 Å². The lowest BCUT2D eigenvalue weighted by molar-refractivity contribution is -0.140. The predicted molar refractivity (Wildman–Crippen MR) is 163 cm³/mol. The molecule has 2 fully saturated rings. The van der Waals surface area contributed by atoms with Gasteiger partial charge in [-0.3, -0.25) is 4.79 Å². The minimum absolute atomic E-state index is 0.146. The lowest BCUT2D eigenvalue weighted by atomic mass is 9.95. The molecule has 0 amide bonds. The van der Waals surface area contributed by atoms with Gasteiger partial charge in [0.15, 0.2) is 0 Å². The zero-order valence-electron chi connectivity index (χ0n) is 24.3. The summed E-state index contributed by atoms with van der Waals surface area (Å²) in [5.41, 5.74) is 1.37. The highest BCUT2D eigenvalue weighted by Crippen LogP contribution is 2.34. The molecule has 1 aliphatic heterocycles. The number of halogens is 1. The molecule has 1 aromatic heterocycles. The second-order valence-corrected chi connectivity index (χ2v) is 12.3. The Morgan fingerprint density at radius 3 is 2.10 bits per heavy atom. The van der Waals surface area contributed by atoms with E-state index in [9.17, 15) is 9.18 Å². The summed E-state index contributed by atoms with van der Waals surface area (Å²) in [7, 11) is 1.65. The molecule has 3 aromatic rings. The van der Waals surface area contributed by atoms with Gasteiger partial charge in [-0.1, -0.05) is 75.2 Å². The SMILES string of the molecule is CNC(C(=O)O)C(C)C.Fc1ccccc1.c1ccc(Cc2ncc(C3CCN(CC4CCCC4)CC3)s2)cc1. The summed E-state index contributed by atoms with van der Waals surface area (Å²) < 4.78 is 11.9. The third-order valence-corrected chi connectivity index (χ3v) is 8.89. The number of hydrogen-bond acceptors (Lipinski definition) is 5. The topological polar surface area (TPSA) is 65.5 Å². The minimum atomic E-state index is -0.785. The molecule has 40 heavy (non-hydrogen) atoms. The summed E-state index contributed by atoms with van der Waals surface area (Å²) in [4.78, 5) is 19.2. The third-order valence-electron chi connectivity index (χ3n) is 7.73. The van der Waals surface area contributed by atoms with Crippen LogP contribution < -0.4 is 5.32 Å². The smallest absolute Gasteiger partial charge is 0.320 e. The molecule has 0 bridgehead atoms. The van der Waals surface area contributed by atoms with Crippen LogP contribution in [0.2, 0.25) is 0 Å². The van der Waals surface area contributed by atoms with Crippen LogP contribution in [0.15, 0.2) is 66.9 Å². The summed E-state index contributed by atoms with van der Waals surface area (Å²) in [5.74, 6) is 0.914. The van der Waals surface area contributed by atoms with Gasteiger partial charge in [0.1, 0.15) is 11.9 Å². The average Bonchev–Trinajstić information content (AvgIpc) is 3.63. The fourth-order valence-electron chi connectivity index (χ4n) is 5.48. The maximum absolute atomic E-state index is 11.9. The Labute approximate surface area is 243 Å². The average molecular weight is 568 g/mol. The van der Waals surface area contributed by atoms with Crippen molar-refractivity contribution >= 4 is 17.3 Å². The number of thiazole rings is 1. The van der Waals surface area contributed by atoms with Gasteiger partial charge in [0.25, 0.3) is 0 Å². The van der Waals surface area contributed by atoms with Gasteiger partial charge in [-0.15, -0.1) is 11.3 Å². The van der Waals surface area contributed by atoms with E-state index in [2.05, 4.69) is 46.7 Å². The van der Waals surface area contributed by atoms with E-state index in [-0.39, 0.29) is 11.7 Å². The van der Waals surface area contributed by atoms with Crippen molar-refractivity contribution < 1.29 is 14.3 Å². The number of aromatic nitrogens is 1. The van der Waals surface area contributed by atoms with Crippen LogP contribution in [0.4, 0.5) is 4.39 Å². The first-order valence-corrected chi connectivity index (χ1v) is 15.5. The largest absolute Gasteiger partial charge is 0.480 e. The molecule has 2 aliphatic rings. The Hall–Kier alpha value is -2.61. The van der Waals surface area contributed by atoms with Crippen molar-refractivity contribution in [3.8, 4) is 0 Å². The van der Waals surface area contributed by atoms with E-state index >= 15 is 0 Å². The highest BCUT2D eigenvalue weighted by Gasteiger charge is 2.25. The molecule has 2 aromatic carbocycles. The quantitative estimate of drug-likeness (QED) is 0.300. The number of piperidine rings is 1. The number of likely N-dealkylation sites (tertiary alicyclic amines) is 1. The van der Waals surface area contributed by atoms with Crippen LogP contribution in [0.3, 0.4) is 0 Å². The fourth-order valence-corrected chi connectivity index (χ4v) is 6.60. The molecule has 5 nitrogen and oxygen atoms in total. The highest BCUT2D eigenvalue weighted by molar-refractivity contribution is 7.11. The Bertz CT molecular complexity index is 1100. The second-order valence-electron chi connectivity index (χ2n) is 11.2. The lowest BCUT2D eigenvalue weighted by Crippen LogP contribution is -2.38. The van der Waals surface area contributed by atoms with Crippen molar-refractivity contribution in [1.82, 2.24) is 15.2 Å². The molecular formula is C33H46FN3O2S. The van der Waals surface area contributed by atoms with Crippen LogP contribution in [0.5, 0.6) is 0 Å². The van der Waals surface area contributed by atoms with E-state index in [1.54, 1.807) is 25.2 Å². The van der Waals surface area contributed by atoms with Crippen LogP contribution >= 0.6 is 11.3 Å². The van der Waals surface area contributed by atoms with Gasteiger partial charge >= 0.3 is 5.97 Å². The van der Waals surface area contributed by atoms with E-state index < -0.39 is 12.0 Å². The minimum Gasteiger partial charge on any atom is -0.480 e. The van der Waals surface area contributed by atoms with E-state index in [0.717, 1.165) is 18.3 Å². The Kier molecular flexibility index (Phi) is 13.8. The normalized spacial score (nSPS) is 17.0. The molecule has 1 atom stereocenters. The Morgan fingerprint density at radius 1 is 1.02 bits per heavy atom. The molecule has 1 saturated heterocycles. The maximum atomic E-state index is 11.9. The van der Waals surface area contributed by atoms with Crippen LogP contribution in [-0.2, 0) is 11.2 Å². The number of hydrogen-bond donors (Lipinski definition) is 2. The first-order valence-electron chi connectivity index (χ1n) is 14.7. The van der Waals surface area contributed by atoms with Crippen molar-refractivity contribution in [2.75, 3.05) is 26.7 Å². The molecule has 218 valence electrons. The van der Waals surface area contributed by atoms with Crippen molar-refractivity contribution in [2.45, 2.75) is 70.8 Å². The summed E-state index contributed by atoms with van der Waals surface area (Å²) in [6.07, 6.45) is 11.6. The van der Waals surface area contributed by atoms with Crippen LogP contribution in [0.25, 0.3) is 0 Å². The number of carboxylic acids is 1. The van der Waals surface area contributed by atoms with Crippen molar-refractivity contribution in [3.05, 3.63) is 88.1 Å². The van der Waals surface area contributed by atoms with Gasteiger partial charge in [0.05, 0.1) is 5.01 Å². The number of aliphatic carboxylic acids is 1. The predicted octanol–water partition coefficient (Wildman–Crippen LogP) is 7.24. The zero-order chi connectivity index (χ0) is 28.7. The van der Waals surface area contributed by atoms with Crippen LogP contribution in [0.1, 0.15) is 73.7 Å². The van der Waals surface area contributed by atoms with E-state index in [1.165, 1.54) is 85.7 Å². The number of benzene rings is 2. The number of carboxylic acid groups (broad SMARTS) is 1. The molecular weight excluding hydrogens is 521 g/mol. The Balaban J connectivity index is 0.000000227. The van der Waals surface area contributed by atoms with Crippen molar-refractivity contribution in [1.29, 1.82) is 0 Å². The molecule has 1 unspecified atom stereocenters. The number of rotatable bonds is 8. The molecule has 0 radical (unpaired) electrons. The fraction of sp³-hybridized carbons (Fsp3) is 0.515. The highest BCUT2D eigenvalue weighted by atomic mass is 32.1. The van der Waals surface area contributed by atoms with E-state index in [4.69, 9.17) is 10.1 Å². The molecule has 5 rings (SSSR count). The monoisotopic (exact) mass is 567 g/mol. The first-order chi connectivity index (χ1) is 19.4. The number of nitrogens with zero attached hydrogens (tertiary/aromatic N) is 2. The molecule has 1 saturated carbocycles. The van der Waals surface area contributed by atoms with Crippen molar-refractivity contribution in [2.24, 2.45) is 11.8 Å². The maximum Gasteiger partial charge on any atom is 0.320 e. The summed E-state index contributed by atoms with van der Waals surface area (Å²) in [5, 5.41) is 12.5. The van der Waals surface area contributed by atoms with Gasteiger partial charge in [0, 0.05) is 24.0 Å². The molecule has 2 heterocycles. The van der Waals surface area contributed by atoms with Gasteiger partial charge in [-0.25, -0.2) is 9.37 Å². The standard InChI is InChI=1S/C21H28N2S.C6H5F.C6H13NO2/c1-2-6-17(7-3-1)14-21-22-15-20(24-21)19-10-12-23(13-11-19)16-18-8-4-5-9-18;7-6-4-2-1-3-5-6;1-4(2)5(7-3)6(8)9/h1-3,6-7,15,18-19H,4-5,8-14,16H2;1-5H;4-5,7H,1-3H3,(H,8,9). The summed E-state index contributed by atoms with van der Waals surface area (Å²) >= 11 is 1.94. The number of nitrogens with one attached hydrogen (secondary N) is 1. The van der Waals surface area contributed by atoms with Gasteiger partial charge in [-0.2, -0.15) is 0 Å². The van der Waals surface area contributed by atoms with E-state index in [1.807, 2.05) is 25.2 Å². The Morgan fingerprint density at radius 2 is 1.62 bits per heavy atom. The lowest BCUT2D eigenvalue weighted by Gasteiger charge is -2.33. The molecule has 2 N–H and O–H groups in total. The van der Waals surface area contributed by atoms with Crippen LogP contribution in [-0.4, -0.2) is 53.7 Å². The van der Waals surface area contributed by atoms with Gasteiger partial charge < -0.3 is 15.3 Å². The molecule has 7 heteroatoms.